The van der Waals surface area contributed by atoms with Crippen molar-refractivity contribution in [2.75, 3.05) is 153 Å². The maximum Gasteiger partial charge on any atom is 0.373 e. The normalized spacial score (nSPS) is 20.5. The number of carboxylic acid groups (broad SMARTS) is 2. The van der Waals surface area contributed by atoms with Crippen molar-refractivity contribution in [3.8, 4) is 0 Å². The Morgan fingerprint density at radius 2 is 0.659 bits per heavy atom. The summed E-state index contributed by atoms with van der Waals surface area (Å²) in [6.45, 7) is 33.4. The van der Waals surface area contributed by atoms with Crippen LogP contribution in [0.3, 0.4) is 0 Å². The molecule has 0 aromatic heterocycles. The third-order valence-corrected chi connectivity index (χ3v) is 31.3. The van der Waals surface area contributed by atoms with Gasteiger partial charge in [-0.3, -0.25) is 29.2 Å². The molecule has 4 unspecified atom stereocenters. The van der Waals surface area contributed by atoms with Crippen LogP contribution in [0.15, 0.2) is 158 Å². The van der Waals surface area contributed by atoms with Crippen molar-refractivity contribution in [3.63, 3.8) is 0 Å². The maximum atomic E-state index is 10.9. The van der Waals surface area contributed by atoms with Gasteiger partial charge in [-0.15, -0.1) is 0 Å². The molecule has 0 saturated carbocycles. The van der Waals surface area contributed by atoms with Crippen molar-refractivity contribution in [2.45, 2.75) is 211 Å². The summed E-state index contributed by atoms with van der Waals surface area (Å²) < 4.78 is 0. The highest BCUT2D eigenvalue weighted by atomic mass is 35.5. The zero-order valence-electron chi connectivity index (χ0n) is 81.1. The van der Waals surface area contributed by atoms with Gasteiger partial charge in [-0.1, -0.05) is 183 Å². The van der Waals surface area contributed by atoms with Crippen LogP contribution in [-0.4, -0.2) is 230 Å². The molecule has 16 rings (SSSR count). The van der Waals surface area contributed by atoms with E-state index in [1.54, 1.807) is 6.07 Å². The number of piperidine rings is 6. The Balaban J connectivity index is 0.000000173. The van der Waals surface area contributed by atoms with Crippen molar-refractivity contribution >= 4 is 163 Å². The average molecular weight is 2060 g/mol. The van der Waals surface area contributed by atoms with Crippen molar-refractivity contribution < 1.29 is 39.0 Å². The monoisotopic (exact) mass is 2060 g/mol. The highest BCUT2D eigenvalue weighted by Crippen LogP contribution is 2.43. The van der Waals surface area contributed by atoms with Gasteiger partial charge in [-0.2, -0.15) is 19.2 Å². The number of rotatable bonds is 26. The average Bonchev–Trinajstić information content (AvgIpc) is 0.827. The Bertz CT molecular complexity index is 5460. The van der Waals surface area contributed by atoms with Gasteiger partial charge in [0.05, 0.1) is 79.8 Å². The molecule has 6 fully saturated rings. The molecule has 20 nitrogen and oxygen atoms in total. The van der Waals surface area contributed by atoms with Gasteiger partial charge in [0.15, 0.2) is 0 Å². The van der Waals surface area contributed by atoms with Crippen LogP contribution in [0.4, 0.5) is 22.7 Å². The van der Waals surface area contributed by atoms with Crippen molar-refractivity contribution in [3.05, 3.63) is 264 Å². The lowest BCUT2D eigenvalue weighted by atomic mass is 9.88. The van der Waals surface area contributed by atoms with Crippen LogP contribution in [0.5, 0.6) is 0 Å². The first-order valence-electron chi connectivity index (χ1n) is 48.8. The summed E-state index contributed by atoms with van der Waals surface area (Å²) in [7, 11) is 4.50. The van der Waals surface area contributed by atoms with Gasteiger partial charge < -0.3 is 51.1 Å². The Hall–Kier alpha value is -7.57. The van der Waals surface area contributed by atoms with E-state index in [0.29, 0.717) is 58.1 Å². The fraction of sp³-hybridized carbons (Fsp3) is 0.486. The van der Waals surface area contributed by atoms with E-state index in [0.717, 1.165) is 191 Å². The van der Waals surface area contributed by atoms with E-state index in [1.165, 1.54) is 135 Å². The Morgan fingerprint density at radius 1 is 0.355 bits per heavy atom. The number of hydrogen-bond donors (Lipinski definition) is 6. The molecule has 8 atom stereocenters. The van der Waals surface area contributed by atoms with Crippen LogP contribution in [0.25, 0.3) is 11.1 Å². The summed E-state index contributed by atoms with van der Waals surface area (Å²) in [5.41, 5.74) is 19.4. The van der Waals surface area contributed by atoms with Gasteiger partial charge in [0.2, 0.25) is 0 Å². The number of aliphatic carboxylic acids is 2. The molecule has 29 heteroatoms. The van der Waals surface area contributed by atoms with Crippen LogP contribution < -0.4 is 21.3 Å². The molecule has 6 N–H and O–H groups in total. The molecular formula is C109H137Cl9N12O8. The smallest absolute Gasteiger partial charge is 0.373 e. The Kier molecular flexibility index (Phi) is 44.4. The minimum Gasteiger partial charge on any atom is -0.481 e. The zero-order valence-corrected chi connectivity index (χ0v) is 88.0. The molecule has 8 aromatic rings. The number of carbonyl (C=O) groups is 2. The van der Waals surface area contributed by atoms with E-state index in [-0.39, 0.29) is 49.3 Å². The number of likely N-dealkylation sites (N-methyl/N-ethyl adjacent to an activating group) is 2. The van der Waals surface area contributed by atoms with Gasteiger partial charge in [0.1, 0.15) is 0 Å². The molecule has 8 heterocycles. The van der Waals surface area contributed by atoms with E-state index >= 15 is 0 Å². The number of benzene rings is 8. The summed E-state index contributed by atoms with van der Waals surface area (Å²) in [6, 6.07) is 52.2. The molecular weight excluding hydrogens is 1920 g/mol. The Morgan fingerprint density at radius 3 is 0.978 bits per heavy atom. The zero-order chi connectivity index (χ0) is 99.2. The quantitative estimate of drug-likeness (QED) is 0.0297. The number of carbonyl (C=O) groups excluding carboxylic acids is 4. The van der Waals surface area contributed by atoms with E-state index in [2.05, 4.69) is 213 Å². The number of anilines is 4. The number of aryl methyl sites for hydroxylation is 3. The minimum absolute atomic E-state index is 0.0290. The number of nitrogens with zero attached hydrogens (tertiary/aromatic N) is 8. The van der Waals surface area contributed by atoms with Gasteiger partial charge in [-0.25, -0.2) is 0 Å². The molecule has 744 valence electrons. The highest BCUT2D eigenvalue weighted by Gasteiger charge is 2.34. The van der Waals surface area contributed by atoms with Crippen LogP contribution >= 0.6 is 104 Å². The topological polar surface area (TPSA) is 217 Å². The second-order valence-electron chi connectivity index (χ2n) is 38.4. The number of nitrogens with one attached hydrogen (secondary N) is 4. The molecule has 0 radical (unpaired) electrons. The van der Waals surface area contributed by atoms with E-state index in [4.69, 9.17) is 134 Å². The van der Waals surface area contributed by atoms with Crippen LogP contribution in [0, 0.1) is 20.8 Å². The number of carboxylic acids is 2. The first-order chi connectivity index (χ1) is 66.2. The predicted molar refractivity (Wildman–Crippen MR) is 569 cm³/mol. The maximum absolute atomic E-state index is 10.9. The van der Waals surface area contributed by atoms with Crippen molar-refractivity contribution in [1.82, 2.24) is 39.2 Å². The third kappa shape index (κ3) is 33.3. The van der Waals surface area contributed by atoms with Gasteiger partial charge in [0.25, 0.3) is 0 Å². The molecule has 8 aliphatic heterocycles. The number of likely N-dealkylation sites (tertiary alicyclic amines) is 6. The summed E-state index contributed by atoms with van der Waals surface area (Å²) in [6.07, 6.45) is 22.4. The van der Waals surface area contributed by atoms with Gasteiger partial charge in [-0.05, 0) is 368 Å². The molecule has 8 aliphatic rings. The Labute approximate surface area is 862 Å². The lowest BCUT2D eigenvalue weighted by molar-refractivity contribution is -0.193. The third-order valence-electron chi connectivity index (χ3n) is 28.4. The second-order valence-corrected chi connectivity index (χ2v) is 42.1. The number of hydrogen-bond acceptors (Lipinski definition) is 18. The SMILES string of the molecule is C[C@@H](Nc1cc(C2=CCN(C3CCCN(CCC(=O)O)C3)CC2)ccc1Cl)c1ccc(Cl)cc1Cl.Cc1ccc([C@@H](C)Nc2cc(C3=CCN(C4CCCN(C)C4)CC3)ccc2Cl)c(Cl)c1.Cc1ccc([C@@H](C)Nc2cc(C3CCN(C4CCCN(C)C4)CC3)ccc2Cl)c(Cl)c1.Cc1ccc([C@@H](C)Nc2cc(C3CCN(C4CCCN(CCC(=O)O)C4)CC3)ccc2Cl)c(Cl)c1.O=C=O.O=C=O. The summed E-state index contributed by atoms with van der Waals surface area (Å²) in [5, 5.41) is 38.8. The van der Waals surface area contributed by atoms with Gasteiger partial charge >= 0.3 is 24.2 Å². The summed E-state index contributed by atoms with van der Waals surface area (Å²) in [4.78, 5) is 74.5. The molecule has 0 bridgehead atoms. The molecule has 0 aliphatic carbocycles. The molecule has 138 heavy (non-hydrogen) atoms. The number of halogens is 9. The molecule has 6 saturated heterocycles. The van der Waals surface area contributed by atoms with E-state index in [9.17, 15) is 9.59 Å². The van der Waals surface area contributed by atoms with Crippen molar-refractivity contribution in [1.29, 1.82) is 0 Å². The highest BCUT2D eigenvalue weighted by molar-refractivity contribution is 6.36. The van der Waals surface area contributed by atoms with E-state index < -0.39 is 11.9 Å². The van der Waals surface area contributed by atoms with Crippen LogP contribution in [-0.2, 0) is 28.8 Å². The fourth-order valence-electron chi connectivity index (χ4n) is 20.7. The van der Waals surface area contributed by atoms with E-state index in [1.807, 2.05) is 61.5 Å². The lowest BCUT2D eigenvalue weighted by Crippen LogP contribution is -2.50. The van der Waals surface area contributed by atoms with Gasteiger partial charge in [0, 0.05) is 115 Å². The molecule has 8 aromatic carbocycles. The fourth-order valence-corrected chi connectivity index (χ4v) is 23.2. The minimum atomic E-state index is -0.722. The van der Waals surface area contributed by atoms with Crippen LogP contribution in [0.2, 0.25) is 45.2 Å². The molecule has 0 spiro atoms. The first kappa shape index (κ1) is 111. The second kappa shape index (κ2) is 55.3. The first-order valence-corrected chi connectivity index (χ1v) is 52.2. The lowest BCUT2D eigenvalue weighted by Gasteiger charge is -2.42. The summed E-state index contributed by atoms with van der Waals surface area (Å²) >= 11 is 58.1. The standard InChI is InChI=1S/C28H37Cl2N3O2.C27H32Cl3N3O2.C26H35Cl2N3.C26H33Cl2N3.2CO2/c1-19-5-7-24(26(30)16-19)20(2)31-27-17-22(6-8-25(27)29)21-9-14-33(15-10-21)23-4-3-12-32(18-23)13-11-28(34)35;1-18(23-6-5-21(28)16-25(23)30)31-26-15-20(4-7-24(26)29)19-8-13-33(14-9-19)22-3-2-11-32(17-22)12-10-27(34)35;2*1-18-6-8-23(25(28)15-18)19(2)29-26-16-21(7-9-24(26)27)20-10-13-31(14-11-20)22-5-4-12-30(3)17-22;2*2-1-3/h5-8,16-17,20-21,23,31H,3-4,9-15,18H2,1-2H3,(H,34,35);4-8,15-16,18,22,31H,2-3,9-14,17H2,1H3,(H,34,35);6-9,15-16,19-20,22,29H,4-5,10-14,17H2,1-3H3;6-10,15-16,19,22,29H,4-5,11-14,17H2,1-3H3;;/t20-,23?;18-,22?;2*19-,22?;;/m1111../s1. The predicted octanol–water partition coefficient (Wildman–Crippen LogP) is 25.7. The summed E-state index contributed by atoms with van der Waals surface area (Å²) in [5.74, 6) is -0.302. The largest absolute Gasteiger partial charge is 0.481 e. The molecule has 0 amide bonds. The van der Waals surface area contributed by atoms with Crippen LogP contribution in [0.1, 0.15) is 228 Å². The van der Waals surface area contributed by atoms with Crippen molar-refractivity contribution in [2.24, 2.45) is 0 Å².